The van der Waals surface area contributed by atoms with Crippen LogP contribution in [0.5, 0.6) is 0 Å². The number of oxazole rings is 1. The first-order valence-corrected chi connectivity index (χ1v) is 10.5. The fraction of sp³-hybridized carbons (Fsp3) is 0.565. The molecule has 1 aliphatic heterocycles. The molecule has 6 nitrogen and oxygen atoms in total. The minimum Gasteiger partial charge on any atom is -0.441 e. The molecule has 29 heavy (non-hydrogen) atoms. The molecule has 1 fully saturated rings. The van der Waals surface area contributed by atoms with Crippen molar-refractivity contribution in [3.63, 3.8) is 0 Å². The summed E-state index contributed by atoms with van der Waals surface area (Å²) in [5.41, 5.74) is 2.84. The Morgan fingerprint density at radius 2 is 1.90 bits per heavy atom. The predicted molar refractivity (Wildman–Crippen MR) is 116 cm³/mol. The molecule has 0 bridgehead atoms. The summed E-state index contributed by atoms with van der Waals surface area (Å²) in [7, 11) is 4.20. The van der Waals surface area contributed by atoms with E-state index in [1.165, 1.54) is 0 Å². The van der Waals surface area contributed by atoms with Gasteiger partial charge < -0.3 is 14.2 Å². The Morgan fingerprint density at radius 1 is 1.21 bits per heavy atom. The zero-order valence-corrected chi connectivity index (χ0v) is 18.6. The van der Waals surface area contributed by atoms with Crippen LogP contribution in [-0.2, 0) is 11.2 Å². The molecule has 2 unspecified atom stereocenters. The molecule has 1 aromatic carbocycles. The number of hydrogen-bond donors (Lipinski definition) is 0. The molecule has 1 aromatic heterocycles. The van der Waals surface area contributed by atoms with Gasteiger partial charge in [-0.1, -0.05) is 17.7 Å². The molecule has 0 spiro atoms. The van der Waals surface area contributed by atoms with Crippen LogP contribution >= 0.6 is 0 Å². The van der Waals surface area contributed by atoms with Gasteiger partial charge in [0.2, 0.25) is 11.8 Å². The van der Waals surface area contributed by atoms with E-state index in [1.807, 2.05) is 43.0 Å². The Bertz CT molecular complexity index is 833. The average Bonchev–Trinajstić information content (AvgIpc) is 3.01. The zero-order chi connectivity index (χ0) is 21.1. The van der Waals surface area contributed by atoms with Gasteiger partial charge in [0.15, 0.2) is 0 Å². The first kappa shape index (κ1) is 21.5. The van der Waals surface area contributed by atoms with E-state index in [-0.39, 0.29) is 12.3 Å². The van der Waals surface area contributed by atoms with Crippen LogP contribution in [0.25, 0.3) is 11.5 Å². The van der Waals surface area contributed by atoms with Crippen molar-refractivity contribution < 1.29 is 9.21 Å². The van der Waals surface area contributed by atoms with Crippen molar-refractivity contribution in [2.45, 2.75) is 46.2 Å². The fourth-order valence-electron chi connectivity index (χ4n) is 4.07. The zero-order valence-electron chi connectivity index (χ0n) is 18.6. The number of carbonyl (C=O) groups excluding carboxylic acids is 1. The summed E-state index contributed by atoms with van der Waals surface area (Å²) >= 11 is 0. The average molecular weight is 399 g/mol. The van der Waals surface area contributed by atoms with Crippen molar-refractivity contribution in [3.05, 3.63) is 41.3 Å². The van der Waals surface area contributed by atoms with Crippen LogP contribution in [0.1, 0.15) is 30.9 Å². The first-order valence-electron chi connectivity index (χ1n) is 10.5. The second-order valence-corrected chi connectivity index (χ2v) is 8.61. The van der Waals surface area contributed by atoms with E-state index in [4.69, 9.17) is 4.42 Å². The Kier molecular flexibility index (Phi) is 6.75. The van der Waals surface area contributed by atoms with Gasteiger partial charge in [-0.2, -0.15) is 0 Å². The SMILES string of the molecule is Cc1cccc(-c2nc(CC(=O)N3CC(C)N(CCN(C)C)C(C)C3)c(C)o2)c1. The van der Waals surface area contributed by atoms with Gasteiger partial charge in [0, 0.05) is 43.8 Å². The number of carbonyl (C=O) groups is 1. The molecule has 158 valence electrons. The molecular formula is C23H34N4O2. The van der Waals surface area contributed by atoms with Crippen LogP contribution in [0.2, 0.25) is 0 Å². The highest BCUT2D eigenvalue weighted by molar-refractivity contribution is 5.79. The molecule has 3 rings (SSSR count). The number of nitrogens with zero attached hydrogens (tertiary/aromatic N) is 4. The monoisotopic (exact) mass is 398 g/mol. The highest BCUT2D eigenvalue weighted by atomic mass is 16.4. The third-order valence-corrected chi connectivity index (χ3v) is 5.74. The molecule has 6 heteroatoms. The summed E-state index contributed by atoms with van der Waals surface area (Å²) < 4.78 is 5.86. The molecule has 1 amide bonds. The van der Waals surface area contributed by atoms with Gasteiger partial charge in [-0.05, 0) is 53.9 Å². The van der Waals surface area contributed by atoms with Gasteiger partial charge in [-0.15, -0.1) is 0 Å². The van der Waals surface area contributed by atoms with Crippen molar-refractivity contribution in [2.24, 2.45) is 0 Å². The first-order chi connectivity index (χ1) is 13.7. The quantitative estimate of drug-likeness (QED) is 0.749. The summed E-state index contributed by atoms with van der Waals surface area (Å²) in [5, 5.41) is 0. The van der Waals surface area contributed by atoms with E-state index in [1.54, 1.807) is 0 Å². The summed E-state index contributed by atoms with van der Waals surface area (Å²) in [6.45, 7) is 11.9. The number of hydrogen-bond acceptors (Lipinski definition) is 5. The minimum atomic E-state index is 0.128. The van der Waals surface area contributed by atoms with E-state index in [0.717, 1.165) is 48.8 Å². The normalized spacial score (nSPS) is 20.4. The largest absolute Gasteiger partial charge is 0.441 e. The second kappa shape index (κ2) is 9.09. The van der Waals surface area contributed by atoms with Crippen molar-refractivity contribution in [2.75, 3.05) is 40.3 Å². The maximum atomic E-state index is 13.0. The summed E-state index contributed by atoms with van der Waals surface area (Å²) in [6, 6.07) is 8.78. The smallest absolute Gasteiger partial charge is 0.228 e. The molecule has 0 N–H and O–H groups in total. The van der Waals surface area contributed by atoms with E-state index in [2.05, 4.69) is 42.7 Å². The third kappa shape index (κ3) is 5.25. The molecule has 2 heterocycles. The highest BCUT2D eigenvalue weighted by Gasteiger charge is 2.32. The molecule has 2 atom stereocenters. The number of likely N-dealkylation sites (N-methyl/N-ethyl adjacent to an activating group) is 1. The number of rotatable bonds is 6. The highest BCUT2D eigenvalue weighted by Crippen LogP contribution is 2.24. The van der Waals surface area contributed by atoms with E-state index in [0.29, 0.717) is 18.0 Å². The Hall–Kier alpha value is -2.18. The third-order valence-electron chi connectivity index (χ3n) is 5.74. The van der Waals surface area contributed by atoms with Gasteiger partial charge in [-0.25, -0.2) is 4.98 Å². The van der Waals surface area contributed by atoms with Crippen LogP contribution in [-0.4, -0.2) is 77.9 Å². The number of piperazine rings is 1. The lowest BCUT2D eigenvalue weighted by Gasteiger charge is -2.44. The molecule has 1 aliphatic rings. The lowest BCUT2D eigenvalue weighted by Crippen LogP contribution is -2.59. The summed E-state index contributed by atoms with van der Waals surface area (Å²) in [4.78, 5) is 24.3. The maximum Gasteiger partial charge on any atom is 0.228 e. The van der Waals surface area contributed by atoms with Crippen molar-refractivity contribution in [1.29, 1.82) is 0 Å². The van der Waals surface area contributed by atoms with Crippen molar-refractivity contribution in [1.82, 2.24) is 19.7 Å². The Labute approximate surface area is 174 Å². The Morgan fingerprint density at radius 3 is 2.52 bits per heavy atom. The van der Waals surface area contributed by atoms with Crippen molar-refractivity contribution >= 4 is 5.91 Å². The van der Waals surface area contributed by atoms with Gasteiger partial charge in [0.05, 0.1) is 12.1 Å². The standard InChI is InChI=1S/C23H34N4O2/c1-16-8-7-9-20(12-16)23-24-21(19(4)29-23)13-22(28)26-14-17(2)27(18(3)15-26)11-10-25(5)6/h7-9,12,17-18H,10-11,13-15H2,1-6H3. The lowest BCUT2D eigenvalue weighted by atomic mass is 10.1. The second-order valence-electron chi connectivity index (χ2n) is 8.61. The lowest BCUT2D eigenvalue weighted by molar-refractivity contribution is -0.135. The molecular weight excluding hydrogens is 364 g/mol. The number of benzene rings is 1. The molecule has 0 aliphatic carbocycles. The van der Waals surface area contributed by atoms with Gasteiger partial charge in [0.25, 0.3) is 0 Å². The van der Waals surface area contributed by atoms with Crippen LogP contribution in [0.3, 0.4) is 0 Å². The minimum absolute atomic E-state index is 0.128. The Balaban J connectivity index is 1.65. The van der Waals surface area contributed by atoms with Crippen LogP contribution in [0, 0.1) is 13.8 Å². The topological polar surface area (TPSA) is 52.8 Å². The van der Waals surface area contributed by atoms with Crippen LogP contribution < -0.4 is 0 Å². The van der Waals surface area contributed by atoms with Gasteiger partial charge >= 0.3 is 0 Å². The predicted octanol–water partition coefficient (Wildman–Crippen LogP) is 2.98. The van der Waals surface area contributed by atoms with Gasteiger partial charge in [-0.3, -0.25) is 9.69 Å². The molecule has 2 aromatic rings. The number of aryl methyl sites for hydroxylation is 2. The fourth-order valence-corrected chi connectivity index (χ4v) is 4.07. The van der Waals surface area contributed by atoms with Crippen molar-refractivity contribution in [3.8, 4) is 11.5 Å². The van der Waals surface area contributed by atoms with Crippen LogP contribution in [0.4, 0.5) is 0 Å². The summed E-state index contributed by atoms with van der Waals surface area (Å²) in [6.07, 6.45) is 0.290. The maximum absolute atomic E-state index is 13.0. The summed E-state index contributed by atoms with van der Waals surface area (Å²) in [5.74, 6) is 1.44. The van der Waals surface area contributed by atoms with E-state index >= 15 is 0 Å². The molecule has 1 saturated heterocycles. The molecule has 0 radical (unpaired) electrons. The van der Waals surface area contributed by atoms with Crippen LogP contribution in [0.15, 0.2) is 28.7 Å². The van der Waals surface area contributed by atoms with Gasteiger partial charge in [0.1, 0.15) is 5.76 Å². The molecule has 0 saturated carbocycles. The number of amides is 1. The van der Waals surface area contributed by atoms with E-state index in [9.17, 15) is 4.79 Å². The van der Waals surface area contributed by atoms with E-state index < -0.39 is 0 Å². The number of aromatic nitrogens is 1.